The summed E-state index contributed by atoms with van der Waals surface area (Å²) in [6, 6.07) is 9.08. The van der Waals surface area contributed by atoms with Gasteiger partial charge < -0.3 is 16.0 Å². The first kappa shape index (κ1) is 13.4. The van der Waals surface area contributed by atoms with E-state index in [1.54, 1.807) is 19.3 Å². The summed E-state index contributed by atoms with van der Waals surface area (Å²) >= 11 is 1.43. The summed E-state index contributed by atoms with van der Waals surface area (Å²) in [7, 11) is 1.58. The first-order valence-corrected chi connectivity index (χ1v) is 7.08. The molecule has 0 unspecified atom stereocenters. The first-order valence-electron chi connectivity index (χ1n) is 6.27. The SMILES string of the molecule is CNC(=O)c1cc(Sc2nc3ccc(N)cc3[nH]2)ccn1. The number of anilines is 1. The smallest absolute Gasteiger partial charge is 0.269 e. The van der Waals surface area contributed by atoms with Crippen LogP contribution in [0.25, 0.3) is 11.0 Å². The van der Waals surface area contributed by atoms with Crippen LogP contribution in [-0.4, -0.2) is 27.9 Å². The van der Waals surface area contributed by atoms with Gasteiger partial charge in [0.25, 0.3) is 5.91 Å². The standard InChI is InChI=1S/C14H13N5OS/c1-16-13(20)12-7-9(4-5-17-12)21-14-18-10-3-2-8(15)6-11(10)19-14/h2-7H,15H2,1H3,(H,16,20)(H,18,19). The van der Waals surface area contributed by atoms with Crippen LogP contribution >= 0.6 is 11.8 Å². The van der Waals surface area contributed by atoms with Crippen molar-refractivity contribution >= 4 is 34.4 Å². The van der Waals surface area contributed by atoms with Gasteiger partial charge in [0.2, 0.25) is 0 Å². The van der Waals surface area contributed by atoms with Gasteiger partial charge in [-0.3, -0.25) is 9.78 Å². The molecule has 106 valence electrons. The van der Waals surface area contributed by atoms with Crippen LogP contribution in [0.2, 0.25) is 0 Å². The van der Waals surface area contributed by atoms with Gasteiger partial charge in [0, 0.05) is 23.8 Å². The number of nitrogens with one attached hydrogen (secondary N) is 2. The number of carbonyl (C=O) groups excluding carboxylic acids is 1. The highest BCUT2D eigenvalue weighted by Crippen LogP contribution is 2.27. The Labute approximate surface area is 125 Å². The van der Waals surface area contributed by atoms with Crippen LogP contribution in [-0.2, 0) is 0 Å². The fourth-order valence-electron chi connectivity index (χ4n) is 1.89. The average molecular weight is 299 g/mol. The monoisotopic (exact) mass is 299 g/mol. The van der Waals surface area contributed by atoms with Crippen LogP contribution in [0.15, 0.2) is 46.6 Å². The Morgan fingerprint density at radius 3 is 3.00 bits per heavy atom. The number of carbonyl (C=O) groups is 1. The van der Waals surface area contributed by atoms with Gasteiger partial charge in [-0.2, -0.15) is 0 Å². The number of H-pyrrole nitrogens is 1. The molecule has 4 N–H and O–H groups in total. The Morgan fingerprint density at radius 2 is 2.19 bits per heavy atom. The van der Waals surface area contributed by atoms with Crippen molar-refractivity contribution in [3.63, 3.8) is 0 Å². The Kier molecular flexibility index (Phi) is 3.49. The van der Waals surface area contributed by atoms with Gasteiger partial charge in [-0.15, -0.1) is 0 Å². The minimum Gasteiger partial charge on any atom is -0.399 e. The Morgan fingerprint density at radius 1 is 1.33 bits per heavy atom. The van der Waals surface area contributed by atoms with E-state index in [1.807, 2.05) is 24.3 Å². The van der Waals surface area contributed by atoms with Gasteiger partial charge in [0.15, 0.2) is 5.16 Å². The molecule has 21 heavy (non-hydrogen) atoms. The highest BCUT2D eigenvalue weighted by molar-refractivity contribution is 7.99. The molecule has 0 fully saturated rings. The molecule has 0 bridgehead atoms. The van der Waals surface area contributed by atoms with Crippen LogP contribution in [0, 0.1) is 0 Å². The van der Waals surface area contributed by atoms with E-state index in [2.05, 4.69) is 20.3 Å². The second-order valence-electron chi connectivity index (χ2n) is 4.38. The molecule has 0 spiro atoms. The molecular weight excluding hydrogens is 286 g/mol. The van der Waals surface area contributed by atoms with Crippen LogP contribution in [0.3, 0.4) is 0 Å². The largest absolute Gasteiger partial charge is 0.399 e. The number of aromatic amines is 1. The molecule has 0 saturated heterocycles. The highest BCUT2D eigenvalue weighted by Gasteiger charge is 2.09. The normalized spacial score (nSPS) is 10.7. The lowest BCUT2D eigenvalue weighted by molar-refractivity contribution is 0.0958. The van der Waals surface area contributed by atoms with Crippen molar-refractivity contribution < 1.29 is 4.79 Å². The van der Waals surface area contributed by atoms with Crippen molar-refractivity contribution in [3.8, 4) is 0 Å². The lowest BCUT2D eigenvalue weighted by Gasteiger charge is -2.01. The number of hydrogen-bond acceptors (Lipinski definition) is 5. The van der Waals surface area contributed by atoms with Gasteiger partial charge in [-0.25, -0.2) is 4.98 Å². The molecule has 6 nitrogen and oxygen atoms in total. The summed E-state index contributed by atoms with van der Waals surface area (Å²) in [5, 5.41) is 3.29. The van der Waals surface area contributed by atoms with Crippen LogP contribution in [0.4, 0.5) is 5.69 Å². The number of hydrogen-bond donors (Lipinski definition) is 3. The van der Waals surface area contributed by atoms with E-state index in [1.165, 1.54) is 11.8 Å². The minimum atomic E-state index is -0.213. The second kappa shape index (κ2) is 5.45. The zero-order valence-corrected chi connectivity index (χ0v) is 12.1. The van der Waals surface area contributed by atoms with E-state index < -0.39 is 0 Å². The third-order valence-electron chi connectivity index (χ3n) is 2.89. The van der Waals surface area contributed by atoms with Crippen LogP contribution < -0.4 is 11.1 Å². The van der Waals surface area contributed by atoms with Crippen LogP contribution in [0.1, 0.15) is 10.5 Å². The summed E-state index contributed by atoms with van der Waals surface area (Å²) in [6.45, 7) is 0. The fraction of sp³-hybridized carbons (Fsp3) is 0.0714. The number of aromatic nitrogens is 3. The van der Waals surface area contributed by atoms with E-state index in [-0.39, 0.29) is 5.91 Å². The number of fused-ring (bicyclic) bond motifs is 1. The second-order valence-corrected chi connectivity index (χ2v) is 5.44. The van der Waals surface area contributed by atoms with E-state index >= 15 is 0 Å². The number of benzene rings is 1. The zero-order valence-electron chi connectivity index (χ0n) is 11.3. The number of nitrogens with two attached hydrogens (primary N) is 1. The molecule has 2 heterocycles. The molecule has 0 radical (unpaired) electrons. The molecule has 0 aliphatic carbocycles. The maximum absolute atomic E-state index is 11.6. The van der Waals surface area contributed by atoms with Gasteiger partial charge in [0.1, 0.15) is 5.69 Å². The van der Waals surface area contributed by atoms with Crippen molar-refractivity contribution in [2.45, 2.75) is 10.1 Å². The molecule has 2 aromatic heterocycles. The van der Waals surface area contributed by atoms with Crippen LogP contribution in [0.5, 0.6) is 0 Å². The maximum Gasteiger partial charge on any atom is 0.269 e. The molecule has 3 aromatic rings. The minimum absolute atomic E-state index is 0.213. The summed E-state index contributed by atoms with van der Waals surface area (Å²) in [4.78, 5) is 24.2. The number of amides is 1. The maximum atomic E-state index is 11.6. The number of nitrogen functional groups attached to an aromatic ring is 1. The summed E-state index contributed by atoms with van der Waals surface area (Å²) in [5.41, 5.74) is 8.55. The summed E-state index contributed by atoms with van der Waals surface area (Å²) in [6.07, 6.45) is 1.60. The van der Waals surface area contributed by atoms with E-state index in [0.717, 1.165) is 21.1 Å². The first-order chi connectivity index (χ1) is 10.2. The number of pyridine rings is 1. The molecule has 0 aliphatic heterocycles. The molecule has 0 atom stereocenters. The van der Waals surface area contributed by atoms with Gasteiger partial charge in [-0.1, -0.05) is 11.8 Å². The average Bonchev–Trinajstić information content (AvgIpc) is 2.88. The molecule has 0 saturated carbocycles. The van der Waals surface area contributed by atoms with Crippen molar-refractivity contribution in [1.29, 1.82) is 0 Å². The Balaban J connectivity index is 1.89. The van der Waals surface area contributed by atoms with Gasteiger partial charge in [0.05, 0.1) is 11.0 Å². The molecule has 1 amide bonds. The van der Waals surface area contributed by atoms with Gasteiger partial charge in [-0.05, 0) is 30.3 Å². The van der Waals surface area contributed by atoms with Gasteiger partial charge >= 0.3 is 0 Å². The lowest BCUT2D eigenvalue weighted by Crippen LogP contribution is -2.18. The highest BCUT2D eigenvalue weighted by atomic mass is 32.2. The Bertz CT molecular complexity index is 814. The fourth-order valence-corrected chi connectivity index (χ4v) is 2.72. The number of rotatable bonds is 3. The third kappa shape index (κ3) is 2.82. The summed E-state index contributed by atoms with van der Waals surface area (Å²) in [5.74, 6) is -0.213. The molecular formula is C14H13N5OS. The molecule has 1 aromatic carbocycles. The van der Waals surface area contributed by atoms with E-state index in [4.69, 9.17) is 5.73 Å². The topological polar surface area (TPSA) is 96.7 Å². The third-order valence-corrected chi connectivity index (χ3v) is 3.77. The van der Waals surface area contributed by atoms with Crippen molar-refractivity contribution in [1.82, 2.24) is 20.3 Å². The summed E-state index contributed by atoms with van der Waals surface area (Å²) < 4.78 is 0. The van der Waals surface area contributed by atoms with E-state index in [0.29, 0.717) is 11.4 Å². The van der Waals surface area contributed by atoms with Crippen molar-refractivity contribution in [2.24, 2.45) is 0 Å². The zero-order chi connectivity index (χ0) is 14.8. The number of imidazole rings is 1. The lowest BCUT2D eigenvalue weighted by atomic mass is 10.3. The Hall–Kier alpha value is -2.54. The van der Waals surface area contributed by atoms with Crippen molar-refractivity contribution in [3.05, 3.63) is 42.2 Å². The predicted molar refractivity (Wildman–Crippen MR) is 82.3 cm³/mol. The molecule has 3 rings (SSSR count). The van der Waals surface area contributed by atoms with E-state index in [9.17, 15) is 4.79 Å². The molecule has 0 aliphatic rings. The van der Waals surface area contributed by atoms with Crippen molar-refractivity contribution in [2.75, 3.05) is 12.8 Å². The predicted octanol–water partition coefficient (Wildman–Crippen LogP) is 2.05. The number of nitrogens with zero attached hydrogens (tertiary/aromatic N) is 2. The molecule has 7 heteroatoms. The quantitative estimate of drug-likeness (QED) is 0.643.